The van der Waals surface area contributed by atoms with Crippen LogP contribution in [0.2, 0.25) is 0 Å². The van der Waals surface area contributed by atoms with Crippen molar-refractivity contribution >= 4 is 12.0 Å². The summed E-state index contributed by atoms with van der Waals surface area (Å²) in [6, 6.07) is 2.70. The highest BCUT2D eigenvalue weighted by Crippen LogP contribution is 2.19. The first-order chi connectivity index (χ1) is 10.3. The third kappa shape index (κ3) is 3.70. The van der Waals surface area contributed by atoms with Crippen LogP contribution in [0.1, 0.15) is 23.2 Å². The number of nitrogens with zero attached hydrogens (tertiary/aromatic N) is 1. The van der Waals surface area contributed by atoms with Gasteiger partial charge in [0.2, 0.25) is 0 Å². The van der Waals surface area contributed by atoms with Crippen molar-refractivity contribution in [3.63, 3.8) is 0 Å². The predicted octanol–water partition coefficient (Wildman–Crippen LogP) is 1.17. The van der Waals surface area contributed by atoms with E-state index >= 15 is 0 Å². The van der Waals surface area contributed by atoms with Crippen molar-refractivity contribution in [2.45, 2.75) is 18.4 Å². The summed E-state index contributed by atoms with van der Waals surface area (Å²) in [6.45, 7) is 0.662. The normalized spacial score (nSPS) is 17.1. The fraction of sp³-hybridized carbons (Fsp3) is 0.429. The van der Waals surface area contributed by atoms with Crippen molar-refractivity contribution in [3.05, 3.63) is 35.4 Å². The van der Waals surface area contributed by atoms with E-state index in [0.717, 1.165) is 12.1 Å². The van der Waals surface area contributed by atoms with E-state index in [9.17, 15) is 18.4 Å². The van der Waals surface area contributed by atoms with Gasteiger partial charge in [0, 0.05) is 31.2 Å². The molecule has 1 aliphatic heterocycles. The molecule has 2 rings (SSSR count). The number of nitrogens with one attached hydrogen (secondary N) is 1. The minimum Gasteiger partial charge on any atom is -0.465 e. The van der Waals surface area contributed by atoms with Crippen molar-refractivity contribution in [1.29, 1.82) is 0 Å². The first-order valence-electron chi connectivity index (χ1n) is 6.81. The number of likely N-dealkylation sites (tertiary alicyclic amines) is 1. The van der Waals surface area contributed by atoms with Gasteiger partial charge in [-0.25, -0.2) is 13.6 Å². The number of amides is 2. The van der Waals surface area contributed by atoms with E-state index in [0.29, 0.717) is 18.9 Å². The Morgan fingerprint density at radius 3 is 2.50 bits per heavy atom. The Morgan fingerprint density at radius 2 is 1.95 bits per heavy atom. The molecule has 6 nitrogen and oxygen atoms in total. The summed E-state index contributed by atoms with van der Waals surface area (Å²) < 4.78 is 26.3. The molecule has 1 aromatic rings. The molecule has 4 N–H and O–H groups in total. The molecule has 0 saturated carbocycles. The van der Waals surface area contributed by atoms with Crippen LogP contribution < -0.4 is 11.1 Å². The van der Waals surface area contributed by atoms with Gasteiger partial charge in [0.05, 0.1) is 5.56 Å². The van der Waals surface area contributed by atoms with Crippen LogP contribution in [0.3, 0.4) is 0 Å². The van der Waals surface area contributed by atoms with Crippen LogP contribution in [0.5, 0.6) is 0 Å². The molecule has 1 fully saturated rings. The molecule has 22 heavy (non-hydrogen) atoms. The molecule has 1 saturated heterocycles. The van der Waals surface area contributed by atoms with Crippen LogP contribution in [0.25, 0.3) is 0 Å². The number of nitrogens with two attached hydrogens (primary N) is 1. The lowest BCUT2D eigenvalue weighted by molar-refractivity contribution is 0.0908. The Kier molecular flexibility index (Phi) is 4.60. The third-order valence-electron chi connectivity index (χ3n) is 3.81. The van der Waals surface area contributed by atoms with Gasteiger partial charge in [-0.3, -0.25) is 4.79 Å². The highest BCUT2D eigenvalue weighted by Gasteiger charge is 2.32. The van der Waals surface area contributed by atoms with Gasteiger partial charge < -0.3 is 21.1 Å². The Hall–Kier alpha value is -2.22. The standard InChI is InChI=1S/C14H17F2N3O3/c15-9-1-2-10(11(16)7-9)12(20)18-8-14(17)3-5-19(6-4-14)13(21)22/h1-2,7H,3-6,8,17H2,(H,18,20)(H,21,22). The van der Waals surface area contributed by atoms with Crippen molar-refractivity contribution in [2.24, 2.45) is 5.73 Å². The van der Waals surface area contributed by atoms with Gasteiger partial charge in [-0.05, 0) is 25.0 Å². The lowest BCUT2D eigenvalue weighted by Gasteiger charge is -2.38. The average molecular weight is 313 g/mol. The zero-order chi connectivity index (χ0) is 16.3. The molecule has 0 spiro atoms. The number of halogens is 2. The van der Waals surface area contributed by atoms with Crippen molar-refractivity contribution in [3.8, 4) is 0 Å². The van der Waals surface area contributed by atoms with E-state index in [-0.39, 0.29) is 25.2 Å². The number of carbonyl (C=O) groups is 2. The van der Waals surface area contributed by atoms with Crippen LogP contribution in [-0.4, -0.2) is 47.2 Å². The van der Waals surface area contributed by atoms with Gasteiger partial charge in [0.25, 0.3) is 5.91 Å². The first kappa shape index (κ1) is 16.2. The summed E-state index contributed by atoms with van der Waals surface area (Å²) in [5, 5.41) is 11.4. The van der Waals surface area contributed by atoms with Crippen LogP contribution in [0, 0.1) is 11.6 Å². The summed E-state index contributed by atoms with van der Waals surface area (Å²) in [5.74, 6) is -2.38. The largest absolute Gasteiger partial charge is 0.465 e. The summed E-state index contributed by atoms with van der Waals surface area (Å²) in [5.41, 5.74) is 5.13. The second-order valence-electron chi connectivity index (χ2n) is 5.44. The smallest absolute Gasteiger partial charge is 0.407 e. The molecule has 1 heterocycles. The SMILES string of the molecule is NC1(CNC(=O)c2ccc(F)cc2F)CCN(C(=O)O)CC1. The molecule has 0 radical (unpaired) electrons. The number of piperidine rings is 1. The monoisotopic (exact) mass is 313 g/mol. The maximum absolute atomic E-state index is 13.5. The highest BCUT2D eigenvalue weighted by atomic mass is 19.1. The number of rotatable bonds is 3. The zero-order valence-electron chi connectivity index (χ0n) is 11.8. The molecule has 8 heteroatoms. The molecule has 0 aliphatic carbocycles. The Labute approximate surface area is 125 Å². The number of benzene rings is 1. The van der Waals surface area contributed by atoms with E-state index in [2.05, 4.69) is 5.32 Å². The molecular weight excluding hydrogens is 296 g/mol. The van der Waals surface area contributed by atoms with E-state index in [1.165, 1.54) is 4.90 Å². The predicted molar refractivity (Wildman–Crippen MR) is 74.4 cm³/mol. The highest BCUT2D eigenvalue weighted by molar-refractivity contribution is 5.94. The summed E-state index contributed by atoms with van der Waals surface area (Å²) in [7, 11) is 0. The van der Waals surface area contributed by atoms with Crippen molar-refractivity contribution in [1.82, 2.24) is 10.2 Å². The van der Waals surface area contributed by atoms with Gasteiger partial charge in [-0.15, -0.1) is 0 Å². The van der Waals surface area contributed by atoms with E-state index in [1.807, 2.05) is 0 Å². The number of hydrogen-bond acceptors (Lipinski definition) is 3. The fourth-order valence-electron chi connectivity index (χ4n) is 2.35. The lowest BCUT2D eigenvalue weighted by atomic mass is 9.88. The summed E-state index contributed by atoms with van der Waals surface area (Å²) in [6.07, 6.45) is -0.212. The maximum atomic E-state index is 13.5. The molecule has 1 aliphatic rings. The Bertz CT molecular complexity index is 587. The summed E-state index contributed by atoms with van der Waals surface area (Å²) >= 11 is 0. The van der Waals surface area contributed by atoms with Gasteiger partial charge in [0.1, 0.15) is 11.6 Å². The number of carboxylic acid groups (broad SMARTS) is 1. The molecular formula is C14H17F2N3O3. The minimum absolute atomic E-state index is 0.0934. The molecule has 0 atom stereocenters. The second-order valence-corrected chi connectivity index (χ2v) is 5.44. The minimum atomic E-state index is -1.00. The number of carbonyl (C=O) groups excluding carboxylic acids is 1. The first-order valence-corrected chi connectivity index (χ1v) is 6.81. The molecule has 0 unspecified atom stereocenters. The quantitative estimate of drug-likeness (QED) is 0.780. The second kappa shape index (κ2) is 6.27. The van der Waals surface area contributed by atoms with Gasteiger partial charge in [-0.1, -0.05) is 0 Å². The molecule has 120 valence electrons. The zero-order valence-corrected chi connectivity index (χ0v) is 11.8. The summed E-state index contributed by atoms with van der Waals surface area (Å²) in [4.78, 5) is 24.0. The Morgan fingerprint density at radius 1 is 1.32 bits per heavy atom. The molecule has 0 bridgehead atoms. The number of hydrogen-bond donors (Lipinski definition) is 3. The molecule has 1 aromatic carbocycles. The van der Waals surface area contributed by atoms with Crippen molar-refractivity contribution in [2.75, 3.05) is 19.6 Å². The van der Waals surface area contributed by atoms with Crippen LogP contribution in [0.4, 0.5) is 13.6 Å². The molecule has 2 amide bonds. The Balaban J connectivity index is 1.92. The van der Waals surface area contributed by atoms with E-state index in [1.54, 1.807) is 0 Å². The van der Waals surface area contributed by atoms with Crippen molar-refractivity contribution < 1.29 is 23.5 Å². The topological polar surface area (TPSA) is 95.7 Å². The van der Waals surface area contributed by atoms with Crippen LogP contribution in [0.15, 0.2) is 18.2 Å². The average Bonchev–Trinajstić information content (AvgIpc) is 2.45. The lowest BCUT2D eigenvalue weighted by Crippen LogP contribution is -2.57. The van der Waals surface area contributed by atoms with Crippen LogP contribution in [-0.2, 0) is 0 Å². The van der Waals surface area contributed by atoms with Gasteiger partial charge in [0.15, 0.2) is 0 Å². The van der Waals surface area contributed by atoms with E-state index < -0.39 is 29.2 Å². The van der Waals surface area contributed by atoms with Crippen LogP contribution >= 0.6 is 0 Å². The molecule has 0 aromatic heterocycles. The van der Waals surface area contributed by atoms with Gasteiger partial charge in [-0.2, -0.15) is 0 Å². The van der Waals surface area contributed by atoms with E-state index in [4.69, 9.17) is 10.8 Å². The fourth-order valence-corrected chi connectivity index (χ4v) is 2.35. The third-order valence-corrected chi connectivity index (χ3v) is 3.81. The van der Waals surface area contributed by atoms with Gasteiger partial charge >= 0.3 is 6.09 Å². The maximum Gasteiger partial charge on any atom is 0.407 e.